The highest BCUT2D eigenvalue weighted by molar-refractivity contribution is 5.67. The molecule has 0 saturated heterocycles. The van der Waals surface area contributed by atoms with Crippen LogP contribution < -0.4 is 9.64 Å². The van der Waals surface area contributed by atoms with Crippen molar-refractivity contribution >= 4 is 5.69 Å². The fourth-order valence-corrected chi connectivity index (χ4v) is 1.72. The highest BCUT2D eigenvalue weighted by Crippen LogP contribution is 2.36. The second kappa shape index (κ2) is 2.39. The third-order valence-electron chi connectivity index (χ3n) is 2.35. The van der Waals surface area contributed by atoms with Crippen molar-refractivity contribution in [3.05, 3.63) is 48.4 Å². The van der Waals surface area contributed by atoms with Gasteiger partial charge in [-0.2, -0.15) is 0 Å². The van der Waals surface area contributed by atoms with Crippen LogP contribution in [-0.4, -0.2) is 6.54 Å². The molecule has 2 heterocycles. The molecule has 0 atom stereocenters. The van der Waals surface area contributed by atoms with Gasteiger partial charge in [-0.05, 0) is 18.2 Å². The van der Waals surface area contributed by atoms with Gasteiger partial charge in [-0.15, -0.1) is 0 Å². The number of benzene rings is 1. The highest BCUT2D eigenvalue weighted by Gasteiger charge is 2.21. The largest absolute Gasteiger partial charge is 0.461 e. The first-order valence-electron chi connectivity index (χ1n) is 4.35. The summed E-state index contributed by atoms with van der Waals surface area (Å²) in [6.45, 7) is 0.951. The summed E-state index contributed by atoms with van der Waals surface area (Å²) >= 11 is 0. The topological polar surface area (TPSA) is 12.5 Å². The molecule has 0 aliphatic carbocycles. The average molecular weight is 171 g/mol. The fraction of sp³-hybridized carbons (Fsp3) is 0.0909. The number of rotatable bonds is 0. The summed E-state index contributed by atoms with van der Waals surface area (Å²) in [6.07, 6.45) is 6.01. The number of ether oxygens (including phenoxy) is 1. The number of fused-ring (bicyclic) bond motifs is 3. The standard InChI is InChI=1S/C11H9NO/c1-2-6-11-10(5-1)12-7-3-4-9(12)8-13-11/h1-6,8H,7H2. The minimum atomic E-state index is 0.940. The van der Waals surface area contributed by atoms with Crippen LogP contribution in [0, 0.1) is 0 Å². The molecular formula is C11H9NO. The van der Waals surface area contributed by atoms with Gasteiger partial charge >= 0.3 is 0 Å². The van der Waals surface area contributed by atoms with Gasteiger partial charge in [0.2, 0.25) is 0 Å². The molecule has 0 spiro atoms. The lowest BCUT2D eigenvalue weighted by molar-refractivity contribution is 0.466. The number of anilines is 1. The Labute approximate surface area is 76.7 Å². The summed E-state index contributed by atoms with van der Waals surface area (Å²) in [5.41, 5.74) is 2.30. The zero-order valence-electron chi connectivity index (χ0n) is 7.10. The molecule has 2 heteroatoms. The van der Waals surface area contributed by atoms with Gasteiger partial charge in [0.1, 0.15) is 12.0 Å². The first-order valence-corrected chi connectivity index (χ1v) is 4.35. The first-order chi connectivity index (χ1) is 6.45. The van der Waals surface area contributed by atoms with Crippen LogP contribution in [0.3, 0.4) is 0 Å². The maximum Gasteiger partial charge on any atom is 0.150 e. The predicted molar refractivity (Wildman–Crippen MR) is 51.6 cm³/mol. The smallest absolute Gasteiger partial charge is 0.150 e. The van der Waals surface area contributed by atoms with Gasteiger partial charge in [0, 0.05) is 6.54 Å². The van der Waals surface area contributed by atoms with Crippen molar-refractivity contribution in [1.29, 1.82) is 0 Å². The third-order valence-corrected chi connectivity index (χ3v) is 2.35. The number of hydrogen-bond acceptors (Lipinski definition) is 2. The molecule has 0 fully saturated rings. The summed E-state index contributed by atoms with van der Waals surface area (Å²) in [7, 11) is 0. The van der Waals surface area contributed by atoms with E-state index in [2.05, 4.69) is 23.1 Å². The Hall–Kier alpha value is -1.70. The molecule has 0 radical (unpaired) electrons. The summed E-state index contributed by atoms with van der Waals surface area (Å²) in [5.74, 6) is 0.940. The monoisotopic (exact) mass is 171 g/mol. The van der Waals surface area contributed by atoms with Crippen LogP contribution in [0.1, 0.15) is 0 Å². The minimum absolute atomic E-state index is 0.940. The normalized spacial score (nSPS) is 17.5. The average Bonchev–Trinajstić information content (AvgIpc) is 2.65. The van der Waals surface area contributed by atoms with Crippen molar-refractivity contribution in [2.45, 2.75) is 0 Å². The highest BCUT2D eigenvalue weighted by atomic mass is 16.5. The molecule has 0 bridgehead atoms. The lowest BCUT2D eigenvalue weighted by Gasteiger charge is -2.26. The maximum absolute atomic E-state index is 5.48. The number of nitrogens with zero attached hydrogens (tertiary/aromatic N) is 1. The number of para-hydroxylation sites is 2. The Morgan fingerprint density at radius 3 is 3.15 bits per heavy atom. The fourth-order valence-electron chi connectivity index (χ4n) is 1.72. The van der Waals surface area contributed by atoms with Crippen LogP contribution in [0.25, 0.3) is 0 Å². The zero-order chi connectivity index (χ0) is 8.67. The van der Waals surface area contributed by atoms with E-state index in [1.165, 1.54) is 0 Å². The molecule has 1 aromatic carbocycles. The van der Waals surface area contributed by atoms with Crippen LogP contribution in [0.5, 0.6) is 5.75 Å². The van der Waals surface area contributed by atoms with Crippen LogP contribution in [0.4, 0.5) is 5.69 Å². The molecule has 0 aromatic heterocycles. The number of allylic oxidation sites excluding steroid dienone is 1. The molecule has 0 saturated carbocycles. The van der Waals surface area contributed by atoms with Gasteiger partial charge in [0.25, 0.3) is 0 Å². The van der Waals surface area contributed by atoms with Gasteiger partial charge in [-0.25, -0.2) is 0 Å². The van der Waals surface area contributed by atoms with Gasteiger partial charge < -0.3 is 9.64 Å². The van der Waals surface area contributed by atoms with E-state index in [9.17, 15) is 0 Å². The Morgan fingerprint density at radius 1 is 1.23 bits per heavy atom. The molecule has 64 valence electrons. The van der Waals surface area contributed by atoms with E-state index < -0.39 is 0 Å². The predicted octanol–water partition coefficient (Wildman–Crippen LogP) is 2.30. The second-order valence-electron chi connectivity index (χ2n) is 3.14. The Kier molecular flexibility index (Phi) is 1.25. The van der Waals surface area contributed by atoms with E-state index in [1.807, 2.05) is 18.2 Å². The van der Waals surface area contributed by atoms with Crippen molar-refractivity contribution < 1.29 is 4.74 Å². The van der Waals surface area contributed by atoms with E-state index in [1.54, 1.807) is 6.26 Å². The Balaban J connectivity index is 2.14. The first kappa shape index (κ1) is 6.78. The SMILES string of the molecule is C1=CC2=COc3ccccc3N2C1. The van der Waals surface area contributed by atoms with Crippen LogP contribution >= 0.6 is 0 Å². The molecule has 2 nitrogen and oxygen atoms in total. The van der Waals surface area contributed by atoms with E-state index >= 15 is 0 Å². The molecular weight excluding hydrogens is 162 g/mol. The molecule has 0 N–H and O–H groups in total. The summed E-state index contributed by atoms with van der Waals surface area (Å²) in [4.78, 5) is 2.23. The van der Waals surface area contributed by atoms with Gasteiger partial charge in [-0.3, -0.25) is 0 Å². The van der Waals surface area contributed by atoms with E-state index in [0.717, 1.165) is 23.7 Å². The maximum atomic E-state index is 5.48. The third kappa shape index (κ3) is 0.886. The molecule has 2 aliphatic rings. The second-order valence-corrected chi connectivity index (χ2v) is 3.14. The van der Waals surface area contributed by atoms with Gasteiger partial charge in [-0.1, -0.05) is 18.2 Å². The molecule has 2 aliphatic heterocycles. The lowest BCUT2D eigenvalue weighted by atomic mass is 10.2. The zero-order valence-corrected chi connectivity index (χ0v) is 7.10. The molecule has 1 aromatic rings. The summed E-state index contributed by atoms with van der Waals surface area (Å²) in [6, 6.07) is 8.08. The minimum Gasteiger partial charge on any atom is -0.461 e. The van der Waals surface area contributed by atoms with E-state index in [4.69, 9.17) is 4.74 Å². The van der Waals surface area contributed by atoms with Crippen molar-refractivity contribution in [2.24, 2.45) is 0 Å². The van der Waals surface area contributed by atoms with Gasteiger partial charge in [0.15, 0.2) is 0 Å². The van der Waals surface area contributed by atoms with Crippen molar-refractivity contribution in [1.82, 2.24) is 0 Å². The lowest BCUT2D eigenvalue weighted by Crippen LogP contribution is -2.21. The van der Waals surface area contributed by atoms with E-state index in [0.29, 0.717) is 0 Å². The quantitative estimate of drug-likeness (QED) is 0.593. The van der Waals surface area contributed by atoms with Gasteiger partial charge in [0.05, 0.1) is 11.4 Å². The Bertz CT molecular complexity index is 406. The summed E-state index contributed by atoms with van der Waals surface area (Å²) in [5, 5.41) is 0. The molecule has 13 heavy (non-hydrogen) atoms. The number of hydrogen-bond donors (Lipinski definition) is 0. The van der Waals surface area contributed by atoms with E-state index in [-0.39, 0.29) is 0 Å². The molecule has 3 rings (SSSR count). The van der Waals surface area contributed by atoms with Crippen LogP contribution in [-0.2, 0) is 0 Å². The molecule has 0 unspecified atom stereocenters. The summed E-state index contributed by atoms with van der Waals surface area (Å²) < 4.78 is 5.48. The van der Waals surface area contributed by atoms with Crippen LogP contribution in [0.15, 0.2) is 48.4 Å². The Morgan fingerprint density at radius 2 is 2.15 bits per heavy atom. The van der Waals surface area contributed by atoms with Crippen LogP contribution in [0.2, 0.25) is 0 Å². The van der Waals surface area contributed by atoms with Crippen molar-refractivity contribution in [3.63, 3.8) is 0 Å². The van der Waals surface area contributed by atoms with Crippen molar-refractivity contribution in [2.75, 3.05) is 11.4 Å². The van der Waals surface area contributed by atoms with Crippen molar-refractivity contribution in [3.8, 4) is 5.75 Å². The molecule has 0 amide bonds.